The number of nitrogens with one attached hydrogen (secondary N) is 2. The third kappa shape index (κ3) is 5.14. The molecule has 0 atom stereocenters. The summed E-state index contributed by atoms with van der Waals surface area (Å²) in [6.07, 6.45) is 3.39. The predicted octanol–water partition coefficient (Wildman–Crippen LogP) is 5.09. The largest absolute Gasteiger partial charge is 0.323 e. The molecule has 2 aromatic carbocycles. The van der Waals surface area contributed by atoms with Gasteiger partial charge < -0.3 is 10.6 Å². The highest BCUT2D eigenvalue weighted by atomic mass is 35.5. The van der Waals surface area contributed by atoms with Crippen LogP contribution in [0, 0.1) is 6.92 Å². The fourth-order valence-corrected chi connectivity index (χ4v) is 2.21. The topological polar surface area (TPSA) is 41.1 Å². The molecule has 0 fully saturated rings. The van der Waals surface area contributed by atoms with Crippen molar-refractivity contribution in [2.24, 2.45) is 0 Å². The number of amides is 2. The molecule has 2 rings (SSSR count). The van der Waals surface area contributed by atoms with Crippen molar-refractivity contribution in [3.05, 3.63) is 69.8 Å². The minimum atomic E-state index is -0.364. The lowest BCUT2D eigenvalue weighted by Gasteiger charge is -2.05. The summed E-state index contributed by atoms with van der Waals surface area (Å²) in [5.41, 5.74) is 2.73. The van der Waals surface area contributed by atoms with Gasteiger partial charge in [0.25, 0.3) is 0 Å². The highest BCUT2D eigenvalue weighted by molar-refractivity contribution is 6.35. The summed E-state index contributed by atoms with van der Waals surface area (Å²) < 4.78 is 0. The number of aryl methyl sites for hydroxylation is 1. The lowest BCUT2D eigenvalue weighted by molar-refractivity contribution is 0.255. The van der Waals surface area contributed by atoms with Crippen molar-refractivity contribution in [3.8, 4) is 0 Å². The van der Waals surface area contributed by atoms with Crippen LogP contribution in [0.5, 0.6) is 0 Å². The first kappa shape index (κ1) is 15.4. The molecule has 0 radical (unpaired) electrons. The minimum absolute atomic E-state index is 0.364. The zero-order valence-electron chi connectivity index (χ0n) is 11.4. The van der Waals surface area contributed by atoms with Gasteiger partial charge in [0.1, 0.15) is 0 Å². The second kappa shape index (κ2) is 7.16. The van der Waals surface area contributed by atoms with Crippen molar-refractivity contribution >= 4 is 41.0 Å². The van der Waals surface area contributed by atoms with Crippen molar-refractivity contribution in [3.63, 3.8) is 0 Å². The van der Waals surface area contributed by atoms with E-state index in [0.717, 1.165) is 5.56 Å². The van der Waals surface area contributed by atoms with E-state index >= 15 is 0 Å². The first-order valence-corrected chi connectivity index (χ1v) is 7.05. The molecule has 2 aromatic rings. The molecule has 0 bridgehead atoms. The number of hydrogen-bond acceptors (Lipinski definition) is 1. The molecule has 0 spiro atoms. The van der Waals surface area contributed by atoms with Crippen LogP contribution >= 0.6 is 23.2 Å². The van der Waals surface area contributed by atoms with Gasteiger partial charge in [0.05, 0.1) is 0 Å². The summed E-state index contributed by atoms with van der Waals surface area (Å²) in [5, 5.41) is 6.20. The quantitative estimate of drug-likeness (QED) is 0.812. The number of rotatable bonds is 3. The van der Waals surface area contributed by atoms with E-state index in [1.807, 2.05) is 37.3 Å². The predicted molar refractivity (Wildman–Crippen MR) is 88.8 cm³/mol. The second-order valence-corrected chi connectivity index (χ2v) is 5.37. The molecule has 3 nitrogen and oxygen atoms in total. The van der Waals surface area contributed by atoms with Crippen molar-refractivity contribution in [2.45, 2.75) is 6.92 Å². The Morgan fingerprint density at radius 2 is 1.67 bits per heavy atom. The number of halogens is 2. The summed E-state index contributed by atoms with van der Waals surface area (Å²) in [4.78, 5) is 11.7. The average Bonchev–Trinajstić information content (AvgIpc) is 2.39. The molecule has 0 aliphatic rings. The zero-order chi connectivity index (χ0) is 15.2. The molecule has 2 N–H and O–H groups in total. The zero-order valence-corrected chi connectivity index (χ0v) is 12.9. The Bertz CT molecular complexity index is 646. The molecule has 108 valence electrons. The van der Waals surface area contributed by atoms with Gasteiger partial charge in [0.2, 0.25) is 0 Å². The fraction of sp³-hybridized carbons (Fsp3) is 0.0625. The smallest absolute Gasteiger partial charge is 0.314 e. The van der Waals surface area contributed by atoms with Gasteiger partial charge in [-0.3, -0.25) is 0 Å². The summed E-state index contributed by atoms with van der Waals surface area (Å²) in [5.74, 6) is 0. The van der Waals surface area contributed by atoms with Crippen LogP contribution in [0.2, 0.25) is 10.0 Å². The number of carbonyl (C=O) groups excluding carboxylic acids is 1. The van der Waals surface area contributed by atoms with E-state index in [4.69, 9.17) is 23.2 Å². The molecular weight excluding hydrogens is 307 g/mol. The van der Waals surface area contributed by atoms with Gasteiger partial charge >= 0.3 is 6.03 Å². The van der Waals surface area contributed by atoms with Gasteiger partial charge in [0, 0.05) is 21.9 Å². The van der Waals surface area contributed by atoms with E-state index in [1.165, 1.54) is 5.56 Å². The summed E-state index contributed by atoms with van der Waals surface area (Å²) in [6, 6.07) is 12.4. The Labute approximate surface area is 133 Å². The molecule has 0 aromatic heterocycles. The SMILES string of the molecule is Cc1ccc(/C=C/NC(=O)Nc2cc(Cl)cc(Cl)c2)cc1. The summed E-state index contributed by atoms with van der Waals surface area (Å²) in [7, 11) is 0. The lowest BCUT2D eigenvalue weighted by atomic mass is 10.1. The number of urea groups is 1. The monoisotopic (exact) mass is 320 g/mol. The normalized spacial score (nSPS) is 10.6. The molecular formula is C16H14Cl2N2O. The minimum Gasteiger partial charge on any atom is -0.314 e. The maximum Gasteiger partial charge on any atom is 0.323 e. The van der Waals surface area contributed by atoms with Crippen LogP contribution in [0.15, 0.2) is 48.7 Å². The van der Waals surface area contributed by atoms with Crippen LogP contribution in [0.4, 0.5) is 10.5 Å². The van der Waals surface area contributed by atoms with Crippen molar-refractivity contribution in [2.75, 3.05) is 5.32 Å². The molecule has 0 heterocycles. The molecule has 0 saturated heterocycles. The maximum atomic E-state index is 11.7. The van der Waals surface area contributed by atoms with Gasteiger partial charge in [-0.25, -0.2) is 4.79 Å². The first-order chi connectivity index (χ1) is 10.0. The molecule has 0 saturated carbocycles. The molecule has 0 aliphatic heterocycles. The Morgan fingerprint density at radius 1 is 1.05 bits per heavy atom. The molecule has 5 heteroatoms. The number of anilines is 1. The maximum absolute atomic E-state index is 11.7. The highest BCUT2D eigenvalue weighted by Crippen LogP contribution is 2.22. The summed E-state index contributed by atoms with van der Waals surface area (Å²) in [6.45, 7) is 2.02. The fourth-order valence-electron chi connectivity index (χ4n) is 1.68. The van der Waals surface area contributed by atoms with Crippen LogP contribution in [-0.4, -0.2) is 6.03 Å². The summed E-state index contributed by atoms with van der Waals surface area (Å²) >= 11 is 11.7. The van der Waals surface area contributed by atoms with E-state index in [-0.39, 0.29) is 6.03 Å². The van der Waals surface area contributed by atoms with Crippen LogP contribution < -0.4 is 10.6 Å². The van der Waals surface area contributed by atoms with Crippen molar-refractivity contribution < 1.29 is 4.79 Å². The van der Waals surface area contributed by atoms with Crippen LogP contribution in [0.25, 0.3) is 6.08 Å². The van der Waals surface area contributed by atoms with E-state index in [1.54, 1.807) is 24.4 Å². The lowest BCUT2D eigenvalue weighted by Crippen LogP contribution is -2.23. The van der Waals surface area contributed by atoms with Gasteiger partial charge in [-0.1, -0.05) is 53.0 Å². The van der Waals surface area contributed by atoms with Crippen LogP contribution in [-0.2, 0) is 0 Å². The third-order valence-corrected chi connectivity index (χ3v) is 3.12. The van der Waals surface area contributed by atoms with Gasteiger partial charge in [-0.2, -0.15) is 0 Å². The standard InChI is InChI=1S/C16H14Cl2N2O/c1-11-2-4-12(5-3-11)6-7-19-16(21)20-15-9-13(17)8-14(18)10-15/h2-10H,1H3,(H2,19,20,21)/b7-6+. The van der Waals surface area contributed by atoms with Crippen molar-refractivity contribution in [1.82, 2.24) is 5.32 Å². The Morgan fingerprint density at radius 3 is 2.29 bits per heavy atom. The van der Waals surface area contributed by atoms with Gasteiger partial charge in [0.15, 0.2) is 0 Å². The molecule has 0 unspecified atom stereocenters. The molecule has 0 aliphatic carbocycles. The second-order valence-electron chi connectivity index (χ2n) is 4.50. The number of hydrogen-bond donors (Lipinski definition) is 2. The molecule has 2 amide bonds. The van der Waals surface area contributed by atoms with Crippen LogP contribution in [0.3, 0.4) is 0 Å². The van der Waals surface area contributed by atoms with E-state index in [0.29, 0.717) is 15.7 Å². The molecule has 21 heavy (non-hydrogen) atoms. The van der Waals surface area contributed by atoms with E-state index in [9.17, 15) is 4.79 Å². The van der Waals surface area contributed by atoms with Crippen LogP contribution in [0.1, 0.15) is 11.1 Å². The van der Waals surface area contributed by atoms with Gasteiger partial charge in [-0.15, -0.1) is 0 Å². The average molecular weight is 321 g/mol. The Balaban J connectivity index is 1.91. The number of carbonyl (C=O) groups is 1. The Kier molecular flexibility index (Phi) is 5.26. The van der Waals surface area contributed by atoms with Gasteiger partial charge in [-0.05, 0) is 36.8 Å². The van der Waals surface area contributed by atoms with E-state index < -0.39 is 0 Å². The van der Waals surface area contributed by atoms with Crippen molar-refractivity contribution in [1.29, 1.82) is 0 Å². The third-order valence-electron chi connectivity index (χ3n) is 2.69. The van der Waals surface area contributed by atoms with E-state index in [2.05, 4.69) is 10.6 Å². The first-order valence-electron chi connectivity index (χ1n) is 6.30. The Hall–Kier alpha value is -1.97. The number of benzene rings is 2. The highest BCUT2D eigenvalue weighted by Gasteiger charge is 2.02.